The molecule has 0 saturated carbocycles. The van der Waals surface area contributed by atoms with Gasteiger partial charge in [-0.15, -0.1) is 0 Å². The fourth-order valence-electron chi connectivity index (χ4n) is 1.43. The molecule has 0 saturated heterocycles. The third-order valence-corrected chi connectivity index (χ3v) is 2.64. The summed E-state index contributed by atoms with van der Waals surface area (Å²) in [6.45, 7) is 0.641. The van der Waals surface area contributed by atoms with Crippen molar-refractivity contribution >= 4 is 17.3 Å². The topological polar surface area (TPSA) is 75.6 Å². The number of aromatic nitrogens is 4. The summed E-state index contributed by atoms with van der Waals surface area (Å²) in [7, 11) is 1.87. The zero-order valence-corrected chi connectivity index (χ0v) is 10.0. The predicted molar refractivity (Wildman–Crippen MR) is 65.3 cm³/mol. The van der Waals surface area contributed by atoms with Gasteiger partial charge in [-0.3, -0.25) is 9.48 Å². The second-order valence-electron chi connectivity index (χ2n) is 3.58. The quantitative estimate of drug-likeness (QED) is 0.846. The van der Waals surface area contributed by atoms with Crippen molar-refractivity contribution in [3.63, 3.8) is 0 Å². The van der Waals surface area contributed by atoms with E-state index in [2.05, 4.69) is 20.6 Å². The minimum absolute atomic E-state index is 0.126. The molecule has 0 aliphatic rings. The van der Waals surface area contributed by atoms with Gasteiger partial charge in [0.15, 0.2) is 0 Å². The molecule has 0 aliphatic heterocycles. The highest BCUT2D eigenvalue weighted by atomic mass is 35.5. The normalized spacial score (nSPS) is 10.5. The molecule has 2 aromatic rings. The molecule has 0 aromatic carbocycles. The van der Waals surface area contributed by atoms with Gasteiger partial charge in [0.05, 0.1) is 17.6 Å². The summed E-state index contributed by atoms with van der Waals surface area (Å²) in [5.41, 5.74) is 1.12. The van der Waals surface area contributed by atoms with Crippen LogP contribution in [0.15, 0.2) is 23.3 Å². The summed E-state index contributed by atoms with van der Waals surface area (Å²) in [6, 6.07) is 1.94. The smallest absolute Gasteiger partial charge is 0.285 e. The Morgan fingerprint density at radius 2 is 2.41 bits per heavy atom. The zero-order valence-electron chi connectivity index (χ0n) is 9.27. The first-order valence-corrected chi connectivity index (χ1v) is 5.50. The molecule has 0 unspecified atom stereocenters. The lowest BCUT2D eigenvalue weighted by atomic mass is 10.3. The molecule has 2 heterocycles. The lowest BCUT2D eigenvalue weighted by molar-refractivity contribution is 0.742. The van der Waals surface area contributed by atoms with Crippen LogP contribution in [0.25, 0.3) is 0 Å². The molecule has 17 heavy (non-hydrogen) atoms. The Labute approximate surface area is 103 Å². The Morgan fingerprint density at radius 1 is 1.59 bits per heavy atom. The average Bonchev–Trinajstić information content (AvgIpc) is 2.70. The molecular weight excluding hydrogens is 242 g/mol. The Kier molecular flexibility index (Phi) is 3.43. The summed E-state index contributed by atoms with van der Waals surface area (Å²) in [5.74, 6) is 0. The average molecular weight is 254 g/mol. The van der Waals surface area contributed by atoms with E-state index in [0.717, 1.165) is 12.1 Å². The summed E-state index contributed by atoms with van der Waals surface area (Å²) in [5, 5.41) is 13.3. The van der Waals surface area contributed by atoms with Crippen molar-refractivity contribution in [2.24, 2.45) is 7.05 Å². The maximum absolute atomic E-state index is 11.2. The van der Waals surface area contributed by atoms with Gasteiger partial charge in [0, 0.05) is 26.2 Å². The highest BCUT2D eigenvalue weighted by Gasteiger charge is 2.04. The fraction of sp³-hybridized carbons (Fsp3) is 0.300. The highest BCUT2D eigenvalue weighted by molar-refractivity contribution is 6.32. The largest absolute Gasteiger partial charge is 0.382 e. The van der Waals surface area contributed by atoms with Crippen LogP contribution >= 0.6 is 11.6 Å². The van der Waals surface area contributed by atoms with Crippen molar-refractivity contribution in [1.29, 1.82) is 0 Å². The third-order valence-electron chi connectivity index (χ3n) is 2.26. The van der Waals surface area contributed by atoms with Crippen molar-refractivity contribution in [2.45, 2.75) is 6.42 Å². The van der Waals surface area contributed by atoms with E-state index >= 15 is 0 Å². The number of nitrogens with zero attached hydrogens (tertiary/aromatic N) is 3. The Balaban J connectivity index is 1.94. The van der Waals surface area contributed by atoms with Crippen LogP contribution in [-0.4, -0.2) is 26.5 Å². The standard InChI is InChI=1S/C10H12ClN5O/c1-16-5-3-7(15-16)2-4-12-8-6-13-14-10(17)9(8)11/h3,5-6H,2,4H2,1H3,(H2,12,14,17). The molecule has 0 atom stereocenters. The lowest BCUT2D eigenvalue weighted by Gasteiger charge is -2.05. The predicted octanol–water partition coefficient (Wildman–Crippen LogP) is 0.811. The van der Waals surface area contributed by atoms with Gasteiger partial charge in [0.2, 0.25) is 0 Å². The molecule has 0 spiro atoms. The number of H-pyrrole nitrogens is 1. The van der Waals surface area contributed by atoms with E-state index in [1.807, 2.05) is 19.3 Å². The Hall–Kier alpha value is -1.82. The van der Waals surface area contributed by atoms with Crippen LogP contribution in [0.5, 0.6) is 0 Å². The molecule has 0 bridgehead atoms. The number of aromatic amines is 1. The Morgan fingerprint density at radius 3 is 3.12 bits per heavy atom. The van der Waals surface area contributed by atoms with Gasteiger partial charge in [-0.2, -0.15) is 10.2 Å². The molecule has 0 amide bonds. The molecule has 2 N–H and O–H groups in total. The number of halogens is 1. The maximum atomic E-state index is 11.2. The molecule has 0 aliphatic carbocycles. The maximum Gasteiger partial charge on any atom is 0.285 e. The number of hydrogen-bond acceptors (Lipinski definition) is 4. The first-order chi connectivity index (χ1) is 8.16. The van der Waals surface area contributed by atoms with Crippen LogP contribution in [0.1, 0.15) is 5.69 Å². The van der Waals surface area contributed by atoms with Crippen molar-refractivity contribution < 1.29 is 0 Å². The van der Waals surface area contributed by atoms with E-state index in [-0.39, 0.29) is 5.02 Å². The fourth-order valence-corrected chi connectivity index (χ4v) is 1.59. The van der Waals surface area contributed by atoms with Gasteiger partial charge < -0.3 is 5.32 Å². The molecule has 2 aromatic heterocycles. The number of anilines is 1. The van der Waals surface area contributed by atoms with Crippen molar-refractivity contribution in [1.82, 2.24) is 20.0 Å². The van der Waals surface area contributed by atoms with Crippen molar-refractivity contribution in [3.8, 4) is 0 Å². The number of nitrogens with one attached hydrogen (secondary N) is 2. The number of aryl methyl sites for hydroxylation is 1. The van der Waals surface area contributed by atoms with E-state index in [1.165, 1.54) is 6.20 Å². The number of rotatable bonds is 4. The molecule has 6 nitrogen and oxygen atoms in total. The lowest BCUT2D eigenvalue weighted by Crippen LogP contribution is -2.13. The van der Waals surface area contributed by atoms with Gasteiger partial charge in [0.25, 0.3) is 5.56 Å². The van der Waals surface area contributed by atoms with Gasteiger partial charge in [-0.05, 0) is 6.07 Å². The summed E-state index contributed by atoms with van der Waals surface area (Å²) < 4.78 is 1.75. The monoisotopic (exact) mass is 253 g/mol. The van der Waals surface area contributed by atoms with Crippen LogP contribution in [0.2, 0.25) is 5.02 Å². The third kappa shape index (κ3) is 2.85. The van der Waals surface area contributed by atoms with Gasteiger partial charge in [-0.25, -0.2) is 5.10 Å². The van der Waals surface area contributed by atoms with Crippen LogP contribution < -0.4 is 10.9 Å². The first kappa shape index (κ1) is 11.7. The molecule has 0 radical (unpaired) electrons. The van der Waals surface area contributed by atoms with Gasteiger partial charge in [-0.1, -0.05) is 11.6 Å². The highest BCUT2D eigenvalue weighted by Crippen LogP contribution is 2.13. The van der Waals surface area contributed by atoms with Crippen molar-refractivity contribution in [3.05, 3.63) is 39.5 Å². The summed E-state index contributed by atoms with van der Waals surface area (Å²) in [4.78, 5) is 11.2. The first-order valence-electron chi connectivity index (χ1n) is 5.12. The van der Waals surface area contributed by atoms with E-state index in [9.17, 15) is 4.79 Å². The second kappa shape index (κ2) is 5.01. The van der Waals surface area contributed by atoms with Crippen LogP contribution in [-0.2, 0) is 13.5 Å². The van der Waals surface area contributed by atoms with Gasteiger partial charge in [0.1, 0.15) is 5.02 Å². The molecule has 7 heteroatoms. The van der Waals surface area contributed by atoms with Gasteiger partial charge >= 0.3 is 0 Å². The minimum atomic E-state index is -0.394. The van der Waals surface area contributed by atoms with Crippen LogP contribution in [0.4, 0.5) is 5.69 Å². The molecule has 0 fully saturated rings. The SMILES string of the molecule is Cn1ccc(CCNc2cn[nH]c(=O)c2Cl)n1. The minimum Gasteiger partial charge on any atom is -0.382 e. The molecular formula is C10H12ClN5O. The van der Waals surface area contributed by atoms with E-state index in [4.69, 9.17) is 11.6 Å². The summed E-state index contributed by atoms with van der Waals surface area (Å²) >= 11 is 5.81. The van der Waals surface area contributed by atoms with E-state index < -0.39 is 5.56 Å². The van der Waals surface area contributed by atoms with Crippen molar-refractivity contribution in [2.75, 3.05) is 11.9 Å². The summed E-state index contributed by atoms with van der Waals surface area (Å²) in [6.07, 6.45) is 4.13. The van der Waals surface area contributed by atoms with Crippen LogP contribution in [0.3, 0.4) is 0 Å². The zero-order chi connectivity index (χ0) is 12.3. The molecule has 2 rings (SSSR count). The van der Waals surface area contributed by atoms with Crippen LogP contribution in [0, 0.1) is 0 Å². The number of hydrogen-bond donors (Lipinski definition) is 2. The van der Waals surface area contributed by atoms with E-state index in [1.54, 1.807) is 4.68 Å². The van der Waals surface area contributed by atoms with E-state index in [0.29, 0.717) is 12.2 Å². The molecule has 90 valence electrons. The second-order valence-corrected chi connectivity index (χ2v) is 3.96. The Bertz CT molecular complexity index is 562.